The molecule has 3 heterocycles. The highest BCUT2D eigenvalue weighted by molar-refractivity contribution is 5.98. The third-order valence-corrected chi connectivity index (χ3v) is 5.01. The van der Waals surface area contributed by atoms with E-state index in [1.807, 2.05) is 0 Å². The summed E-state index contributed by atoms with van der Waals surface area (Å²) in [7, 11) is 0. The van der Waals surface area contributed by atoms with Crippen molar-refractivity contribution in [2.75, 3.05) is 13.2 Å². The van der Waals surface area contributed by atoms with Crippen LogP contribution in [-0.4, -0.2) is 51.1 Å². The van der Waals surface area contributed by atoms with Gasteiger partial charge in [0.05, 0.1) is 6.20 Å². The fourth-order valence-corrected chi connectivity index (χ4v) is 3.37. The van der Waals surface area contributed by atoms with Gasteiger partial charge in [-0.25, -0.2) is 13.9 Å². The molecule has 2 amide bonds. The number of halogens is 1. The van der Waals surface area contributed by atoms with Gasteiger partial charge >= 0.3 is 0 Å². The van der Waals surface area contributed by atoms with Crippen molar-refractivity contribution in [1.29, 1.82) is 0 Å². The molecule has 33 heavy (non-hydrogen) atoms. The van der Waals surface area contributed by atoms with Gasteiger partial charge in [0.1, 0.15) is 29.5 Å². The highest BCUT2D eigenvalue weighted by Crippen LogP contribution is 2.24. The van der Waals surface area contributed by atoms with Crippen LogP contribution in [0.25, 0.3) is 5.65 Å². The van der Waals surface area contributed by atoms with Crippen LogP contribution in [0.2, 0.25) is 0 Å². The lowest BCUT2D eigenvalue weighted by atomic mass is 10.0. The average molecular weight is 453 g/mol. The van der Waals surface area contributed by atoms with Crippen LogP contribution in [0.4, 0.5) is 4.39 Å². The summed E-state index contributed by atoms with van der Waals surface area (Å²) in [5.74, 6) is -1.53. The zero-order chi connectivity index (χ0) is 23.5. The Morgan fingerprint density at radius 1 is 1.18 bits per heavy atom. The van der Waals surface area contributed by atoms with E-state index in [1.54, 1.807) is 18.2 Å². The molecule has 0 bridgehead atoms. The second-order valence-electron chi connectivity index (χ2n) is 7.59. The molecule has 11 heteroatoms. The van der Waals surface area contributed by atoms with Crippen molar-refractivity contribution >= 4 is 29.0 Å². The van der Waals surface area contributed by atoms with Crippen molar-refractivity contribution in [2.45, 2.75) is 26.3 Å². The van der Waals surface area contributed by atoms with Gasteiger partial charge in [-0.1, -0.05) is 6.07 Å². The molecule has 1 aromatic carbocycles. The van der Waals surface area contributed by atoms with E-state index in [4.69, 9.17) is 4.74 Å². The van der Waals surface area contributed by atoms with E-state index in [-0.39, 0.29) is 61.1 Å². The van der Waals surface area contributed by atoms with Crippen molar-refractivity contribution in [3.8, 4) is 5.75 Å². The first-order valence-electron chi connectivity index (χ1n) is 10.2. The fourth-order valence-electron chi connectivity index (χ4n) is 3.37. The van der Waals surface area contributed by atoms with Gasteiger partial charge in [-0.05, 0) is 24.6 Å². The Hall–Kier alpha value is -4.15. The molecular weight excluding hydrogens is 433 g/mol. The van der Waals surface area contributed by atoms with E-state index in [9.17, 15) is 23.6 Å². The topological polar surface area (TPSA) is 132 Å². The number of ether oxygens (including phenoxy) is 1. The SMILES string of the molecule is CC(=O)CCNC(=O)c1cc(C(=O)NCc2ccc3c(c2)CC(=O)CO3)nc2c(F)cnn12. The maximum atomic E-state index is 14.1. The quantitative estimate of drug-likeness (QED) is 0.546. The maximum absolute atomic E-state index is 14.1. The summed E-state index contributed by atoms with van der Waals surface area (Å²) in [6.45, 7) is 1.66. The number of nitrogens with one attached hydrogen (secondary N) is 2. The molecule has 4 rings (SSSR count). The molecule has 2 N–H and O–H groups in total. The van der Waals surface area contributed by atoms with Crippen LogP contribution in [-0.2, 0) is 22.6 Å². The van der Waals surface area contributed by atoms with Crippen LogP contribution >= 0.6 is 0 Å². The summed E-state index contributed by atoms with van der Waals surface area (Å²) in [6, 6.07) is 6.47. The third-order valence-electron chi connectivity index (χ3n) is 5.01. The summed E-state index contributed by atoms with van der Waals surface area (Å²) in [6.07, 6.45) is 1.29. The molecule has 10 nitrogen and oxygen atoms in total. The summed E-state index contributed by atoms with van der Waals surface area (Å²) >= 11 is 0. The van der Waals surface area contributed by atoms with Crippen molar-refractivity contribution in [3.05, 3.63) is 58.8 Å². The van der Waals surface area contributed by atoms with Gasteiger partial charge in [-0.3, -0.25) is 19.2 Å². The number of carbonyl (C=O) groups excluding carboxylic acids is 4. The molecular formula is C22H20FN5O5. The number of hydrogen-bond acceptors (Lipinski definition) is 7. The lowest BCUT2D eigenvalue weighted by Crippen LogP contribution is -2.30. The minimum atomic E-state index is -0.790. The van der Waals surface area contributed by atoms with Crippen LogP contribution in [0.5, 0.6) is 5.75 Å². The number of rotatable bonds is 7. The van der Waals surface area contributed by atoms with Crippen molar-refractivity contribution in [2.24, 2.45) is 0 Å². The molecule has 0 atom stereocenters. The van der Waals surface area contributed by atoms with E-state index >= 15 is 0 Å². The first-order valence-corrected chi connectivity index (χ1v) is 10.2. The predicted octanol–water partition coefficient (Wildman–Crippen LogP) is 1.01. The molecule has 1 aliphatic rings. The van der Waals surface area contributed by atoms with Crippen LogP contribution in [0.15, 0.2) is 30.5 Å². The zero-order valence-corrected chi connectivity index (χ0v) is 17.7. The molecule has 0 saturated heterocycles. The van der Waals surface area contributed by atoms with Gasteiger partial charge in [0.25, 0.3) is 11.8 Å². The smallest absolute Gasteiger partial charge is 0.270 e. The molecule has 3 aromatic rings. The second kappa shape index (κ2) is 9.15. The number of ketones is 2. The number of Topliss-reactive ketones (excluding diaryl/α,β-unsaturated/α-hetero) is 2. The number of benzene rings is 1. The largest absolute Gasteiger partial charge is 0.486 e. The van der Waals surface area contributed by atoms with Gasteiger partial charge in [0, 0.05) is 37.6 Å². The standard InChI is InChI=1S/C22H20FN5O5/c1-12(29)4-5-24-22(32)18-8-17(27-20-16(23)10-26-28(18)20)21(31)25-9-13-2-3-19-14(6-13)7-15(30)11-33-19/h2-3,6,8,10H,4-5,7,9,11H2,1H3,(H,24,32)(H,25,31). The number of aromatic nitrogens is 3. The monoisotopic (exact) mass is 453 g/mol. The summed E-state index contributed by atoms with van der Waals surface area (Å²) < 4.78 is 20.5. The number of amides is 2. The van der Waals surface area contributed by atoms with Crippen molar-refractivity contribution in [1.82, 2.24) is 25.2 Å². The van der Waals surface area contributed by atoms with Crippen molar-refractivity contribution < 1.29 is 28.3 Å². The Balaban J connectivity index is 1.52. The molecule has 170 valence electrons. The minimum Gasteiger partial charge on any atom is -0.486 e. The number of hydrogen-bond donors (Lipinski definition) is 2. The fraction of sp³-hybridized carbons (Fsp3) is 0.273. The van der Waals surface area contributed by atoms with Gasteiger partial charge in [-0.15, -0.1) is 0 Å². The predicted molar refractivity (Wildman–Crippen MR) is 112 cm³/mol. The Morgan fingerprint density at radius 2 is 2.00 bits per heavy atom. The summed E-state index contributed by atoms with van der Waals surface area (Å²) in [5.41, 5.74) is 0.934. The highest BCUT2D eigenvalue weighted by Gasteiger charge is 2.21. The van der Waals surface area contributed by atoms with E-state index in [2.05, 4.69) is 20.7 Å². The molecule has 0 aliphatic carbocycles. The van der Waals surface area contributed by atoms with Crippen molar-refractivity contribution in [3.63, 3.8) is 0 Å². The Bertz CT molecular complexity index is 1290. The van der Waals surface area contributed by atoms with Crippen LogP contribution in [0.1, 0.15) is 45.4 Å². The van der Waals surface area contributed by atoms with Gasteiger partial charge in [0.15, 0.2) is 17.2 Å². The molecule has 0 unspecified atom stereocenters. The lowest BCUT2D eigenvalue weighted by molar-refractivity contribution is -0.121. The second-order valence-corrected chi connectivity index (χ2v) is 7.59. The first-order chi connectivity index (χ1) is 15.8. The number of carbonyl (C=O) groups is 4. The summed E-state index contributed by atoms with van der Waals surface area (Å²) in [5, 5.41) is 9.03. The molecule has 0 saturated carbocycles. The Kier molecular flexibility index (Phi) is 6.11. The molecule has 0 radical (unpaired) electrons. The van der Waals surface area contributed by atoms with E-state index in [0.29, 0.717) is 5.75 Å². The lowest BCUT2D eigenvalue weighted by Gasteiger charge is -2.17. The zero-order valence-electron chi connectivity index (χ0n) is 17.7. The van der Waals surface area contributed by atoms with Crippen LogP contribution in [0.3, 0.4) is 0 Å². The summed E-state index contributed by atoms with van der Waals surface area (Å²) in [4.78, 5) is 52.0. The average Bonchev–Trinajstić information content (AvgIpc) is 3.16. The van der Waals surface area contributed by atoms with Gasteiger partial charge in [0.2, 0.25) is 0 Å². The Labute approximate surface area is 187 Å². The van der Waals surface area contributed by atoms with Gasteiger partial charge < -0.3 is 15.4 Å². The van der Waals surface area contributed by atoms with E-state index < -0.39 is 17.6 Å². The number of nitrogens with zero attached hydrogens (tertiary/aromatic N) is 3. The molecule has 0 spiro atoms. The molecule has 1 aliphatic heterocycles. The first kappa shape index (κ1) is 22.1. The minimum absolute atomic E-state index is 0.0295. The van der Waals surface area contributed by atoms with E-state index in [0.717, 1.165) is 21.8 Å². The molecule has 2 aromatic heterocycles. The highest BCUT2D eigenvalue weighted by atomic mass is 19.1. The molecule has 0 fully saturated rings. The Morgan fingerprint density at radius 3 is 2.79 bits per heavy atom. The van der Waals surface area contributed by atoms with Gasteiger partial charge in [-0.2, -0.15) is 5.10 Å². The normalized spacial score (nSPS) is 12.7. The third kappa shape index (κ3) is 4.86. The van der Waals surface area contributed by atoms with Crippen LogP contribution < -0.4 is 15.4 Å². The number of fused-ring (bicyclic) bond motifs is 2. The maximum Gasteiger partial charge on any atom is 0.270 e. The van der Waals surface area contributed by atoms with E-state index in [1.165, 1.54) is 13.0 Å². The van der Waals surface area contributed by atoms with Crippen LogP contribution in [0, 0.1) is 5.82 Å².